The van der Waals surface area contributed by atoms with Crippen LogP contribution < -0.4 is 10.7 Å². The predicted octanol–water partition coefficient (Wildman–Crippen LogP) is 1.31. The molecule has 0 fully saturated rings. The van der Waals surface area contributed by atoms with Gasteiger partial charge in [-0.05, 0) is 38.2 Å². The highest BCUT2D eigenvalue weighted by atomic mass is 32.1. The topological polar surface area (TPSA) is 76.9 Å². The number of rotatable bonds is 3. The summed E-state index contributed by atoms with van der Waals surface area (Å²) in [6.45, 7) is 4.37. The van der Waals surface area contributed by atoms with Crippen molar-refractivity contribution >= 4 is 23.0 Å². The lowest BCUT2D eigenvalue weighted by molar-refractivity contribution is 0.450. The largest absolute Gasteiger partial charge is 0.508 e. The maximum absolute atomic E-state index is 9.61. The molecule has 0 atom stereocenters. The molecule has 0 radical (unpaired) electrons. The molecule has 0 aliphatic heterocycles. The van der Waals surface area contributed by atoms with Crippen molar-refractivity contribution < 1.29 is 10.2 Å². The standard InChI is InChI=1S/C11H15N3O2S/c1-3-12-11(17)14-13-7(2)9-5-4-8(15)6-10(9)16/h4-6,15-16H,3H2,1-2H3,(H2,12,14,17)/b13-7+. The summed E-state index contributed by atoms with van der Waals surface area (Å²) in [4.78, 5) is 0. The molecule has 0 saturated carbocycles. The molecule has 0 amide bonds. The monoisotopic (exact) mass is 253 g/mol. The van der Waals surface area contributed by atoms with Gasteiger partial charge in [-0.2, -0.15) is 5.10 Å². The second-order valence-corrected chi connectivity index (χ2v) is 3.78. The summed E-state index contributed by atoms with van der Waals surface area (Å²) in [7, 11) is 0. The van der Waals surface area contributed by atoms with E-state index in [1.807, 2.05) is 6.92 Å². The normalized spacial score (nSPS) is 11.1. The summed E-state index contributed by atoms with van der Waals surface area (Å²) in [6.07, 6.45) is 0. The first-order chi connectivity index (χ1) is 8.04. The predicted molar refractivity (Wildman–Crippen MR) is 71.4 cm³/mol. The highest BCUT2D eigenvalue weighted by Gasteiger charge is 2.05. The van der Waals surface area contributed by atoms with Crippen molar-refractivity contribution in [3.63, 3.8) is 0 Å². The fraction of sp³-hybridized carbons (Fsp3) is 0.273. The first-order valence-corrected chi connectivity index (χ1v) is 5.56. The first kappa shape index (κ1) is 13.2. The highest BCUT2D eigenvalue weighted by molar-refractivity contribution is 7.80. The molecule has 1 aromatic carbocycles. The SMILES string of the molecule is CCNC(=S)N/N=C(\C)c1ccc(O)cc1O. The Morgan fingerprint density at radius 1 is 1.41 bits per heavy atom. The van der Waals surface area contributed by atoms with E-state index in [4.69, 9.17) is 17.3 Å². The average molecular weight is 253 g/mol. The number of nitrogens with zero attached hydrogens (tertiary/aromatic N) is 1. The van der Waals surface area contributed by atoms with Gasteiger partial charge in [0.25, 0.3) is 0 Å². The van der Waals surface area contributed by atoms with Crippen molar-refractivity contribution in [3.05, 3.63) is 23.8 Å². The molecule has 0 unspecified atom stereocenters. The van der Waals surface area contributed by atoms with E-state index in [2.05, 4.69) is 15.8 Å². The van der Waals surface area contributed by atoms with E-state index < -0.39 is 0 Å². The number of hydrazone groups is 1. The van der Waals surface area contributed by atoms with Gasteiger partial charge in [0, 0.05) is 18.2 Å². The minimum atomic E-state index is -0.0255. The molecule has 0 spiro atoms. The lowest BCUT2D eigenvalue weighted by Gasteiger charge is -2.07. The van der Waals surface area contributed by atoms with Gasteiger partial charge in [-0.3, -0.25) is 5.43 Å². The molecule has 6 heteroatoms. The maximum atomic E-state index is 9.61. The fourth-order valence-corrected chi connectivity index (χ4v) is 1.41. The van der Waals surface area contributed by atoms with Crippen molar-refractivity contribution in [2.24, 2.45) is 5.10 Å². The molecular formula is C11H15N3O2S. The number of phenolic OH excluding ortho intramolecular Hbond substituents is 2. The second-order valence-electron chi connectivity index (χ2n) is 3.37. The van der Waals surface area contributed by atoms with Crippen LogP contribution in [0.1, 0.15) is 19.4 Å². The van der Waals surface area contributed by atoms with Crippen molar-refractivity contribution in [3.8, 4) is 11.5 Å². The van der Waals surface area contributed by atoms with Gasteiger partial charge in [0.2, 0.25) is 0 Å². The summed E-state index contributed by atoms with van der Waals surface area (Å²) in [5, 5.41) is 26.1. The number of nitrogens with one attached hydrogen (secondary N) is 2. The summed E-state index contributed by atoms with van der Waals surface area (Å²) in [5.41, 5.74) is 3.77. The van der Waals surface area contributed by atoms with Crippen molar-refractivity contribution in [1.82, 2.24) is 10.7 Å². The maximum Gasteiger partial charge on any atom is 0.186 e. The number of hydrogen-bond donors (Lipinski definition) is 4. The van der Waals surface area contributed by atoms with Gasteiger partial charge in [0.1, 0.15) is 11.5 Å². The number of hydrogen-bond acceptors (Lipinski definition) is 4. The van der Waals surface area contributed by atoms with E-state index in [9.17, 15) is 5.11 Å². The first-order valence-electron chi connectivity index (χ1n) is 5.15. The smallest absolute Gasteiger partial charge is 0.186 e. The second kappa shape index (κ2) is 6.05. The van der Waals surface area contributed by atoms with Crippen LogP contribution in [0.15, 0.2) is 23.3 Å². The van der Waals surface area contributed by atoms with Crippen LogP contribution in [0.5, 0.6) is 11.5 Å². The summed E-state index contributed by atoms with van der Waals surface area (Å²) in [6, 6.07) is 4.33. The quantitative estimate of drug-likeness (QED) is 0.371. The molecule has 0 heterocycles. The van der Waals surface area contributed by atoms with Crippen molar-refractivity contribution in [2.45, 2.75) is 13.8 Å². The lowest BCUT2D eigenvalue weighted by atomic mass is 10.1. The van der Waals surface area contributed by atoms with Gasteiger partial charge < -0.3 is 15.5 Å². The Labute approximate surface area is 105 Å². The molecule has 0 aromatic heterocycles. The molecule has 5 nitrogen and oxygen atoms in total. The summed E-state index contributed by atoms with van der Waals surface area (Å²) in [5.74, 6) is -0.0161. The molecule has 0 aliphatic rings. The van der Waals surface area contributed by atoms with Crippen LogP contribution in [-0.4, -0.2) is 27.6 Å². The van der Waals surface area contributed by atoms with Gasteiger partial charge in [-0.25, -0.2) is 0 Å². The minimum absolute atomic E-state index is 0.00943. The van der Waals surface area contributed by atoms with Gasteiger partial charge >= 0.3 is 0 Å². The Morgan fingerprint density at radius 3 is 2.71 bits per heavy atom. The molecule has 4 N–H and O–H groups in total. The number of phenols is 2. The Hall–Kier alpha value is -1.82. The minimum Gasteiger partial charge on any atom is -0.508 e. The van der Waals surface area contributed by atoms with E-state index in [0.717, 1.165) is 0 Å². The Balaban J connectivity index is 2.78. The lowest BCUT2D eigenvalue weighted by Crippen LogP contribution is -2.32. The molecule has 0 saturated heterocycles. The molecule has 1 aromatic rings. The van der Waals surface area contributed by atoms with Crippen LogP contribution >= 0.6 is 12.2 Å². The van der Waals surface area contributed by atoms with Gasteiger partial charge in [-0.15, -0.1) is 0 Å². The third kappa shape index (κ3) is 3.92. The molecule has 0 bridgehead atoms. The molecule has 0 aliphatic carbocycles. The van der Waals surface area contributed by atoms with Crippen LogP contribution in [0.4, 0.5) is 0 Å². The third-order valence-corrected chi connectivity index (χ3v) is 2.27. The summed E-state index contributed by atoms with van der Waals surface area (Å²) < 4.78 is 0. The number of aromatic hydroxyl groups is 2. The van der Waals surface area contributed by atoms with Crippen LogP contribution in [0.25, 0.3) is 0 Å². The van der Waals surface area contributed by atoms with Crippen molar-refractivity contribution in [2.75, 3.05) is 6.54 Å². The zero-order chi connectivity index (χ0) is 12.8. The summed E-state index contributed by atoms with van der Waals surface area (Å²) >= 11 is 4.94. The van der Waals surface area contributed by atoms with E-state index in [1.54, 1.807) is 13.0 Å². The highest BCUT2D eigenvalue weighted by Crippen LogP contribution is 2.22. The molecule has 1 rings (SSSR count). The van der Waals surface area contributed by atoms with E-state index >= 15 is 0 Å². The molecule has 92 valence electrons. The third-order valence-electron chi connectivity index (χ3n) is 2.03. The van der Waals surface area contributed by atoms with Gasteiger partial charge in [0.05, 0.1) is 5.71 Å². The zero-order valence-corrected chi connectivity index (χ0v) is 10.5. The average Bonchev–Trinajstić information content (AvgIpc) is 2.26. The van der Waals surface area contributed by atoms with Crippen LogP contribution in [0, 0.1) is 0 Å². The molecular weight excluding hydrogens is 238 g/mol. The Kier molecular flexibility index (Phi) is 4.71. The Bertz CT molecular complexity index is 446. The van der Waals surface area contributed by atoms with Crippen LogP contribution in [-0.2, 0) is 0 Å². The fourth-order valence-electron chi connectivity index (χ4n) is 1.22. The number of benzene rings is 1. The Morgan fingerprint density at radius 2 is 2.12 bits per heavy atom. The van der Waals surface area contributed by atoms with Gasteiger partial charge in [-0.1, -0.05) is 0 Å². The van der Waals surface area contributed by atoms with E-state index in [0.29, 0.717) is 22.9 Å². The van der Waals surface area contributed by atoms with Gasteiger partial charge in [0.15, 0.2) is 5.11 Å². The van der Waals surface area contributed by atoms with E-state index in [-0.39, 0.29) is 11.5 Å². The van der Waals surface area contributed by atoms with Crippen LogP contribution in [0.3, 0.4) is 0 Å². The van der Waals surface area contributed by atoms with E-state index in [1.165, 1.54) is 12.1 Å². The van der Waals surface area contributed by atoms with Crippen LogP contribution in [0.2, 0.25) is 0 Å². The molecule has 17 heavy (non-hydrogen) atoms. The number of thiocarbonyl (C=S) groups is 1. The zero-order valence-electron chi connectivity index (χ0n) is 9.69. The van der Waals surface area contributed by atoms with Crippen molar-refractivity contribution in [1.29, 1.82) is 0 Å².